The maximum Gasteiger partial charge on any atom is 0.322 e. The van der Waals surface area contributed by atoms with Gasteiger partial charge in [0.05, 0.1) is 44.3 Å². The van der Waals surface area contributed by atoms with Gasteiger partial charge in [0.1, 0.15) is 97.1 Å². The highest BCUT2D eigenvalue weighted by molar-refractivity contribution is 7.80. The fourth-order valence-electron chi connectivity index (χ4n) is 15.9. The number of rotatable bonds is 70. The van der Waals surface area contributed by atoms with Gasteiger partial charge in [0.25, 0.3) is 5.91 Å². The third-order valence-corrected chi connectivity index (χ3v) is 24.3. The molecule has 1 aromatic heterocycles. The minimum absolute atomic E-state index is 0.00352. The summed E-state index contributed by atoms with van der Waals surface area (Å²) in [6.45, 7) is 8.95. The Morgan fingerprint density at radius 2 is 0.903 bits per heavy atom. The summed E-state index contributed by atoms with van der Waals surface area (Å²) in [6.07, 6.45) is 6.40. The molecule has 2 aliphatic rings. The second-order valence-electron chi connectivity index (χ2n) is 34.8. The molecule has 145 heavy (non-hydrogen) atoms. The Morgan fingerprint density at radius 1 is 0.441 bits per heavy atom. The van der Waals surface area contributed by atoms with Crippen LogP contribution >= 0.6 is 12.6 Å². The molecular weight excluding hydrogens is 1900 g/mol. The lowest BCUT2D eigenvalue weighted by Crippen LogP contribution is -2.61. The summed E-state index contributed by atoms with van der Waals surface area (Å²) < 4.78 is 8.95. The number of amides is 16. The summed E-state index contributed by atoms with van der Waals surface area (Å²) in [7, 11) is 0. The number of fused-ring (bicyclic) bond motifs is 2. The van der Waals surface area contributed by atoms with Gasteiger partial charge in [-0.1, -0.05) is 36.8 Å². The van der Waals surface area contributed by atoms with E-state index in [-0.39, 0.29) is 114 Å². The number of aromatic hydroxyl groups is 1. The molecule has 0 saturated heterocycles. The molecule has 16 amide bonds. The van der Waals surface area contributed by atoms with Gasteiger partial charge in [0.2, 0.25) is 94.0 Å². The number of phenolic OH excluding ortho intramolecular Hbond substituents is 1. The number of carbonyl (C=O) groups is 17. The number of phenols is 1. The molecule has 0 spiro atoms. The van der Waals surface area contributed by atoms with Crippen molar-refractivity contribution in [2.45, 2.75) is 236 Å². The average Bonchev–Trinajstić information content (AvgIpc) is 0.771. The van der Waals surface area contributed by atoms with Crippen LogP contribution in [0, 0.1) is 0 Å². The van der Waals surface area contributed by atoms with Gasteiger partial charge in [-0.3, -0.25) is 81.5 Å². The average molecular weight is 2040 g/mol. The number of hydrogen-bond acceptors (Lipinski definition) is 28. The first-order valence-electron chi connectivity index (χ1n) is 49.5. The summed E-state index contributed by atoms with van der Waals surface area (Å²) in [5, 5.41) is 68.9. The van der Waals surface area contributed by atoms with Crippen LogP contribution in [-0.2, 0) is 89.6 Å². The van der Waals surface area contributed by atoms with Crippen molar-refractivity contribution < 1.29 is 101 Å². The van der Waals surface area contributed by atoms with Crippen molar-refractivity contribution in [2.24, 2.45) is 34.4 Å². The van der Waals surface area contributed by atoms with Crippen molar-refractivity contribution >= 4 is 130 Å². The number of anilines is 1. The zero-order valence-electron chi connectivity index (χ0n) is 83.0. The molecule has 0 unspecified atom stereocenters. The lowest BCUT2D eigenvalue weighted by Gasteiger charge is -2.27. The summed E-state index contributed by atoms with van der Waals surface area (Å²) in [5.74, 6) is -14.5. The Bertz CT molecular complexity index is 5270. The van der Waals surface area contributed by atoms with E-state index in [9.17, 15) is 82.1 Å². The SMILES string of the molecule is CCN(CC)c1ccc2c(-c3ccccc3C(=O)N[C@@H](Cc3ccc(O)cc3)C(=O)N[C@@H](CCCCN)C(=O)N[C@@H](CCC(N)=O)C(=O)N[C@@H](CS)C(=O)N[C@@H](Cc3c[nH]cn3)C(=O)N[C@@H](CCCCN)C(=O)N[C@@H](CCCCN)C(=O)NCC(=O)NCC(=O)NCCCCCC(=O)N[C@@H](CCCCN)C(=O)N[C@@H](CCCCN)C(=O)NCC(=O)N[C@@H](CO)C(=O)NCC(=O)O)c3ccc(=[N+](CC)CC)cc-3oc2c1. The lowest BCUT2D eigenvalue weighted by molar-refractivity contribution is -0.138. The number of aromatic amines is 1. The number of thiol groups is 1. The van der Waals surface area contributed by atoms with Crippen molar-refractivity contribution in [1.82, 2.24) is 94.3 Å². The number of carboxylic acid groups (broad SMARTS) is 1. The van der Waals surface area contributed by atoms with E-state index in [0.717, 1.165) is 37.2 Å². The van der Waals surface area contributed by atoms with Gasteiger partial charge < -0.3 is 144 Å². The molecule has 0 saturated carbocycles. The third kappa shape index (κ3) is 41.5. The van der Waals surface area contributed by atoms with Crippen molar-refractivity contribution in [1.29, 1.82) is 0 Å². The highest BCUT2D eigenvalue weighted by Gasteiger charge is 2.37. The molecule has 3 aromatic carbocycles. The number of nitrogens with zero attached hydrogens (tertiary/aromatic N) is 3. The van der Waals surface area contributed by atoms with Gasteiger partial charge in [0.15, 0.2) is 0 Å². The molecule has 0 fully saturated rings. The second-order valence-corrected chi connectivity index (χ2v) is 35.2. The summed E-state index contributed by atoms with van der Waals surface area (Å²) in [5.41, 5.74) is 39.0. The van der Waals surface area contributed by atoms with Crippen LogP contribution in [0.2, 0.25) is 0 Å². The third-order valence-electron chi connectivity index (χ3n) is 24.0. The van der Waals surface area contributed by atoms with E-state index in [1.54, 1.807) is 30.3 Å². The maximum atomic E-state index is 15.3. The van der Waals surface area contributed by atoms with E-state index in [1.807, 2.05) is 47.8 Å². The number of imidazole rings is 1. The maximum absolute atomic E-state index is 15.3. The molecule has 1 aliphatic heterocycles. The highest BCUT2D eigenvalue weighted by atomic mass is 32.1. The molecule has 0 bridgehead atoms. The first kappa shape index (κ1) is 120. The Balaban J connectivity index is 1.09. The molecule has 47 heteroatoms. The fourth-order valence-corrected chi connectivity index (χ4v) is 16.2. The number of nitrogens with one attached hydrogen (secondary N) is 16. The predicted molar refractivity (Wildman–Crippen MR) is 546 cm³/mol. The molecule has 31 N–H and O–H groups in total. The first-order valence-corrected chi connectivity index (χ1v) is 50.1. The molecule has 4 aromatic rings. The van der Waals surface area contributed by atoms with E-state index in [0.29, 0.717) is 116 Å². The zero-order chi connectivity index (χ0) is 106. The summed E-state index contributed by atoms with van der Waals surface area (Å²) in [4.78, 5) is 242. The number of carboxylic acids is 1. The van der Waals surface area contributed by atoms with Crippen molar-refractivity contribution in [3.8, 4) is 28.2 Å². The van der Waals surface area contributed by atoms with Gasteiger partial charge in [0, 0.05) is 97.2 Å². The fraction of sp³-hybridized carbons (Fsp3) is 0.541. The van der Waals surface area contributed by atoms with Gasteiger partial charge in [-0.2, -0.15) is 12.6 Å². The number of carbonyl (C=O) groups excluding carboxylic acids is 16. The number of aliphatic hydroxyl groups excluding tert-OH is 1. The largest absolute Gasteiger partial charge is 0.508 e. The van der Waals surface area contributed by atoms with Gasteiger partial charge in [-0.15, -0.1) is 0 Å². The molecule has 1 aliphatic carbocycles. The molecule has 796 valence electrons. The zero-order valence-corrected chi connectivity index (χ0v) is 83.9. The topological polar surface area (TPSA) is 736 Å². The molecule has 0 radical (unpaired) electrons. The Kier molecular flexibility index (Phi) is 54.2. The van der Waals surface area contributed by atoms with Crippen LogP contribution in [0.25, 0.3) is 33.4 Å². The van der Waals surface area contributed by atoms with E-state index < -0.39 is 212 Å². The van der Waals surface area contributed by atoms with Crippen molar-refractivity contribution in [3.05, 3.63) is 120 Å². The monoisotopic (exact) mass is 2040 g/mol. The highest BCUT2D eigenvalue weighted by Crippen LogP contribution is 2.42. The quantitative estimate of drug-likeness (QED) is 0.00799. The van der Waals surface area contributed by atoms with Crippen LogP contribution in [0.3, 0.4) is 0 Å². The van der Waals surface area contributed by atoms with E-state index in [2.05, 4.69) is 134 Å². The van der Waals surface area contributed by atoms with Crippen LogP contribution in [0.4, 0.5) is 5.69 Å². The number of aromatic nitrogens is 2. The smallest absolute Gasteiger partial charge is 0.322 e. The second kappa shape index (κ2) is 65.5. The minimum Gasteiger partial charge on any atom is -0.508 e. The van der Waals surface area contributed by atoms with Gasteiger partial charge >= 0.3 is 5.97 Å². The number of nitrogens with two attached hydrogens (primary N) is 6. The molecule has 6 rings (SSSR count). The molecular formula is C98H148N25O21S+. The van der Waals surface area contributed by atoms with E-state index in [4.69, 9.17) is 43.9 Å². The number of hydrogen-bond donors (Lipinski definition) is 26. The van der Waals surface area contributed by atoms with E-state index in [1.165, 1.54) is 24.7 Å². The Morgan fingerprint density at radius 3 is 1.41 bits per heavy atom. The number of benzene rings is 4. The number of aliphatic hydroxyl groups is 1. The summed E-state index contributed by atoms with van der Waals surface area (Å²) in [6, 6.07) is 10.6. The lowest BCUT2D eigenvalue weighted by atomic mass is 9.90. The molecule has 10 atom stereocenters. The number of unbranched alkanes of at least 4 members (excludes halogenated alkanes) is 7. The summed E-state index contributed by atoms with van der Waals surface area (Å²) >= 11 is 4.40. The normalized spacial score (nSPS) is 13.2. The van der Waals surface area contributed by atoms with Crippen LogP contribution in [0.5, 0.6) is 5.75 Å². The standard InChI is InChI=1S/C98H147N25O21S/c1-5-122(6-2)62-34-38-67-79(50-62)144-80-51-63(123(7-3)8-4)35-39-68(80)87(67)65-24-11-12-25-66(65)88(133)119-75(48-60-32-36-64(125)37-33-60)96(141)116-73(30-17-22-46-103)94(139)118-74(40-41-81(104)126)95(140)121-78(58-145)98(143)120-76(49-61-52-105-59-111-61)97(142)117-72(29-16-21-45-102)93(138)115-69(26-13-18-42-99)89(134)108-54-84(129)107-53-83(128)106-47-23-9-10-31-82(127)112-71(28-15-20-44-101)92(137)114-70(27-14-19-43-100)90(135)109-55-85(130)113-77(57-124)91(136)110-56-86(131)132/h11-12,24-25,32-39,50-52,59,69-78,124H,5-10,13-23,26-31,40-49,53-58,99-103H2,1-4H3,(H20-,104,105,106,107,108,109,110,111,112,113,114,115,116,117,118,119,120,121,125,126,127,128,129,130,131,132,133,134,135,136,137,138,139,140,141,142,143,145)/p+1/t69-,70-,71-,72-,73-,74-,75-,76-,77-,78-/m0/s1. The number of primary amides is 1. The van der Waals surface area contributed by atoms with E-state index >= 15 is 9.59 Å². The first-order chi connectivity index (χ1) is 69.7. The van der Waals surface area contributed by atoms with Crippen molar-refractivity contribution in [3.63, 3.8) is 0 Å². The van der Waals surface area contributed by atoms with Crippen LogP contribution in [-0.4, -0.2) is 290 Å². The number of aliphatic carboxylic acids is 1. The predicted octanol–water partition coefficient (Wildman–Crippen LogP) is -2.70. The van der Waals surface area contributed by atoms with Crippen LogP contribution in [0.1, 0.15) is 184 Å². The van der Waals surface area contributed by atoms with Crippen molar-refractivity contribution in [2.75, 3.05) is 109 Å². The number of H-pyrrole nitrogens is 1. The van der Waals surface area contributed by atoms with Crippen LogP contribution in [0.15, 0.2) is 102 Å². The molecule has 2 heterocycles. The van der Waals surface area contributed by atoms with Crippen LogP contribution < -0.4 is 129 Å². The Hall–Kier alpha value is -13.7. The molecule has 46 nitrogen and oxygen atoms in total. The minimum atomic E-state index is -1.64. The Labute approximate surface area is 848 Å². The van der Waals surface area contributed by atoms with Gasteiger partial charge in [-0.05, 0) is 224 Å². The van der Waals surface area contributed by atoms with Gasteiger partial charge in [-0.25, -0.2) is 9.56 Å².